The van der Waals surface area contributed by atoms with E-state index in [1.54, 1.807) is 30.4 Å². The van der Waals surface area contributed by atoms with E-state index in [-0.39, 0.29) is 45.5 Å². The predicted molar refractivity (Wildman–Crippen MR) is 153 cm³/mol. The van der Waals surface area contributed by atoms with Crippen LogP contribution >= 0.6 is 0 Å². The number of hydrogen-bond donors (Lipinski definition) is 1. The number of phenols is 1. The Kier molecular flexibility index (Phi) is 8.37. The molecule has 0 spiro atoms. The van der Waals surface area contributed by atoms with Crippen molar-refractivity contribution in [2.24, 2.45) is 0 Å². The molecule has 0 atom stereocenters. The molecule has 1 aromatic heterocycles. The van der Waals surface area contributed by atoms with Crippen LogP contribution in [0.4, 0.5) is 0 Å². The zero-order chi connectivity index (χ0) is 28.2. The van der Waals surface area contributed by atoms with Crippen LogP contribution in [0.1, 0.15) is 27.7 Å². The Bertz CT molecular complexity index is 1450. The highest BCUT2D eigenvalue weighted by Gasteiger charge is 2.24. The molecule has 8 nitrogen and oxygen atoms in total. The molecule has 0 amide bonds. The standard InChI is InChI=1S/C31H37NO7/c1-7-30(3,4)38-21-19-23(33)26-25(20-21)37-28-22(27(26)34)11-12-24(39-31(5,6)8-2)29(28)36-16-10-9-13-32-14-17-35-18-15-32/h7-12,19-20,33H,1-2,13-18H2,3-6H3/b10-9+. The molecule has 2 aromatic carbocycles. The molecule has 1 aliphatic rings. The quantitative estimate of drug-likeness (QED) is 0.250. The van der Waals surface area contributed by atoms with E-state index in [9.17, 15) is 9.90 Å². The summed E-state index contributed by atoms with van der Waals surface area (Å²) in [6.07, 6.45) is 7.29. The molecule has 1 N–H and O–H groups in total. The molecule has 4 rings (SSSR count). The fourth-order valence-corrected chi connectivity index (χ4v) is 4.11. The number of aromatic hydroxyl groups is 1. The largest absolute Gasteiger partial charge is 0.507 e. The number of hydrogen-bond acceptors (Lipinski definition) is 8. The normalized spacial score (nSPS) is 15.1. The summed E-state index contributed by atoms with van der Waals surface area (Å²) in [6, 6.07) is 6.26. The highest BCUT2D eigenvalue weighted by Crippen LogP contribution is 2.40. The van der Waals surface area contributed by atoms with E-state index in [4.69, 9.17) is 23.4 Å². The highest BCUT2D eigenvalue weighted by atomic mass is 16.5. The van der Waals surface area contributed by atoms with Gasteiger partial charge >= 0.3 is 0 Å². The van der Waals surface area contributed by atoms with Crippen molar-refractivity contribution in [1.29, 1.82) is 0 Å². The van der Waals surface area contributed by atoms with E-state index in [1.165, 1.54) is 6.07 Å². The van der Waals surface area contributed by atoms with Crippen LogP contribution < -0.4 is 19.6 Å². The van der Waals surface area contributed by atoms with Gasteiger partial charge in [-0.05, 0) is 52.0 Å². The summed E-state index contributed by atoms with van der Waals surface area (Å²) >= 11 is 0. The summed E-state index contributed by atoms with van der Waals surface area (Å²) in [5.74, 6) is 0.788. The van der Waals surface area contributed by atoms with Gasteiger partial charge < -0.3 is 28.5 Å². The summed E-state index contributed by atoms with van der Waals surface area (Å²) in [7, 11) is 0. The molecule has 3 aromatic rings. The lowest BCUT2D eigenvalue weighted by Crippen LogP contribution is -2.36. The first kappa shape index (κ1) is 28.3. The van der Waals surface area contributed by atoms with Gasteiger partial charge in [0.2, 0.25) is 11.2 Å². The zero-order valence-electron chi connectivity index (χ0n) is 23.1. The first-order valence-electron chi connectivity index (χ1n) is 13.0. The summed E-state index contributed by atoms with van der Waals surface area (Å²) in [6.45, 7) is 19.3. The molecule has 0 unspecified atom stereocenters. The van der Waals surface area contributed by atoms with Gasteiger partial charge in [0.25, 0.3) is 0 Å². The monoisotopic (exact) mass is 535 g/mol. The molecule has 8 heteroatoms. The van der Waals surface area contributed by atoms with E-state index >= 15 is 0 Å². The lowest BCUT2D eigenvalue weighted by Gasteiger charge is -2.25. The van der Waals surface area contributed by atoms with Crippen LogP contribution in [0.3, 0.4) is 0 Å². The SMILES string of the molecule is C=CC(C)(C)Oc1cc(O)c2c(=O)c3ccc(OC(C)(C)C=C)c(OC/C=C/CN4CCOCC4)c3oc2c1. The Morgan fingerprint density at radius 3 is 2.41 bits per heavy atom. The van der Waals surface area contributed by atoms with Crippen molar-refractivity contribution < 1.29 is 28.5 Å². The molecule has 39 heavy (non-hydrogen) atoms. The first-order chi connectivity index (χ1) is 18.5. The Morgan fingerprint density at radius 1 is 1.03 bits per heavy atom. The third-order valence-corrected chi connectivity index (χ3v) is 6.51. The second-order valence-corrected chi connectivity index (χ2v) is 10.5. The molecule has 0 bridgehead atoms. The van der Waals surface area contributed by atoms with Gasteiger partial charge in [0.1, 0.15) is 40.3 Å². The minimum atomic E-state index is -0.704. The summed E-state index contributed by atoms with van der Waals surface area (Å²) in [4.78, 5) is 15.8. The van der Waals surface area contributed by atoms with Crippen LogP contribution in [0.5, 0.6) is 23.0 Å². The van der Waals surface area contributed by atoms with Crippen LogP contribution in [-0.4, -0.2) is 60.7 Å². The molecule has 2 heterocycles. The average Bonchev–Trinajstić information content (AvgIpc) is 2.89. The predicted octanol–water partition coefficient (Wildman–Crippen LogP) is 5.61. The minimum absolute atomic E-state index is 0.0581. The molecular formula is C31H37NO7. The third-order valence-electron chi connectivity index (χ3n) is 6.51. The number of rotatable bonds is 11. The van der Waals surface area contributed by atoms with Crippen molar-refractivity contribution in [2.75, 3.05) is 39.5 Å². The van der Waals surface area contributed by atoms with Gasteiger partial charge in [0.05, 0.1) is 18.6 Å². The van der Waals surface area contributed by atoms with Crippen molar-refractivity contribution in [3.8, 4) is 23.0 Å². The maximum absolute atomic E-state index is 13.5. The first-order valence-corrected chi connectivity index (χ1v) is 13.0. The summed E-state index contributed by atoms with van der Waals surface area (Å²) in [5, 5.41) is 11.0. The fourth-order valence-electron chi connectivity index (χ4n) is 4.11. The smallest absolute Gasteiger partial charge is 0.205 e. The molecule has 1 aliphatic heterocycles. The zero-order valence-corrected chi connectivity index (χ0v) is 23.1. The van der Waals surface area contributed by atoms with Gasteiger partial charge in [-0.1, -0.05) is 25.3 Å². The number of nitrogens with zero attached hydrogens (tertiary/aromatic N) is 1. The minimum Gasteiger partial charge on any atom is -0.507 e. The van der Waals surface area contributed by atoms with Gasteiger partial charge in [0.15, 0.2) is 11.3 Å². The maximum atomic E-state index is 13.5. The molecule has 1 saturated heterocycles. The lowest BCUT2D eigenvalue weighted by atomic mass is 10.1. The second kappa shape index (κ2) is 11.6. The van der Waals surface area contributed by atoms with Crippen molar-refractivity contribution in [3.05, 3.63) is 72.0 Å². The van der Waals surface area contributed by atoms with Crippen molar-refractivity contribution >= 4 is 21.9 Å². The lowest BCUT2D eigenvalue weighted by molar-refractivity contribution is 0.0434. The van der Waals surface area contributed by atoms with E-state index < -0.39 is 11.2 Å². The van der Waals surface area contributed by atoms with Gasteiger partial charge in [-0.25, -0.2) is 0 Å². The van der Waals surface area contributed by atoms with E-state index in [2.05, 4.69) is 18.1 Å². The van der Waals surface area contributed by atoms with Crippen LogP contribution in [0.25, 0.3) is 21.9 Å². The topological polar surface area (TPSA) is 90.6 Å². The molecule has 0 aliphatic carbocycles. The van der Waals surface area contributed by atoms with Gasteiger partial charge in [0, 0.05) is 31.8 Å². The third kappa shape index (κ3) is 6.64. The Morgan fingerprint density at radius 2 is 1.72 bits per heavy atom. The van der Waals surface area contributed by atoms with E-state index in [0.717, 1.165) is 32.8 Å². The second-order valence-electron chi connectivity index (χ2n) is 10.5. The molecule has 0 saturated carbocycles. The van der Waals surface area contributed by atoms with Crippen molar-refractivity contribution in [1.82, 2.24) is 4.90 Å². The summed E-state index contributed by atoms with van der Waals surface area (Å²) in [5.41, 5.74) is -1.41. The number of ether oxygens (including phenoxy) is 4. The van der Waals surface area contributed by atoms with E-state index in [0.29, 0.717) is 11.5 Å². The van der Waals surface area contributed by atoms with Crippen LogP contribution in [0, 0.1) is 0 Å². The Labute approximate surface area is 228 Å². The Hall–Kier alpha value is -3.75. The van der Waals surface area contributed by atoms with Gasteiger partial charge in [-0.2, -0.15) is 0 Å². The van der Waals surface area contributed by atoms with Crippen molar-refractivity contribution in [3.63, 3.8) is 0 Å². The molecule has 208 valence electrons. The number of morpholine rings is 1. The van der Waals surface area contributed by atoms with Gasteiger partial charge in [-0.15, -0.1) is 0 Å². The van der Waals surface area contributed by atoms with Crippen LogP contribution in [0.15, 0.2) is 70.9 Å². The van der Waals surface area contributed by atoms with Crippen LogP contribution in [0.2, 0.25) is 0 Å². The van der Waals surface area contributed by atoms with Crippen LogP contribution in [-0.2, 0) is 4.74 Å². The average molecular weight is 536 g/mol. The van der Waals surface area contributed by atoms with E-state index in [1.807, 2.05) is 39.8 Å². The fraction of sp³-hybridized carbons (Fsp3) is 0.387. The molecule has 0 radical (unpaired) electrons. The molecular weight excluding hydrogens is 498 g/mol. The summed E-state index contributed by atoms with van der Waals surface area (Å²) < 4.78 is 29.9. The van der Waals surface area contributed by atoms with Gasteiger partial charge in [-0.3, -0.25) is 9.69 Å². The number of benzene rings is 2. The highest BCUT2D eigenvalue weighted by molar-refractivity contribution is 5.96. The number of fused-ring (bicyclic) bond motifs is 2. The maximum Gasteiger partial charge on any atom is 0.205 e. The van der Waals surface area contributed by atoms with Crippen molar-refractivity contribution in [2.45, 2.75) is 38.9 Å². The molecule has 1 fully saturated rings. The number of phenolic OH excluding ortho intramolecular Hbond substituents is 1. The Balaban J connectivity index is 1.76.